The van der Waals surface area contributed by atoms with Crippen molar-refractivity contribution in [2.75, 3.05) is 6.54 Å². The second kappa shape index (κ2) is 5.80. The van der Waals surface area contributed by atoms with Crippen molar-refractivity contribution in [1.29, 1.82) is 0 Å². The topological polar surface area (TPSA) is 55.1 Å². The number of benzene rings is 1. The summed E-state index contributed by atoms with van der Waals surface area (Å²) >= 11 is 3.05. The number of amides is 1. The van der Waals surface area contributed by atoms with E-state index >= 15 is 0 Å². The van der Waals surface area contributed by atoms with Crippen LogP contribution in [0.25, 0.3) is 0 Å². The Bertz CT molecular complexity index is 443. The van der Waals surface area contributed by atoms with Gasteiger partial charge in [0.25, 0.3) is 5.91 Å². The molecule has 1 unspecified atom stereocenters. The molecule has 5 heteroatoms. The second-order valence-electron chi connectivity index (χ2n) is 5.26. The number of halogens is 2. The number of hydrogen-bond acceptors (Lipinski definition) is 2. The lowest BCUT2D eigenvalue weighted by Crippen LogP contribution is -2.48. The fraction of sp³-hybridized carbons (Fsp3) is 0.462. The molecule has 0 aliphatic carbocycles. The number of nitrogens with two attached hydrogens (primary N) is 1. The first-order valence-corrected chi connectivity index (χ1v) is 6.51. The molecular formula is C13H18BrFN2O. The maximum Gasteiger partial charge on any atom is 0.251 e. The van der Waals surface area contributed by atoms with Crippen LogP contribution in [0.15, 0.2) is 22.7 Å². The highest BCUT2D eigenvalue weighted by Crippen LogP contribution is 2.20. The smallest absolute Gasteiger partial charge is 0.251 e. The minimum atomic E-state index is -0.456. The van der Waals surface area contributed by atoms with Crippen LogP contribution >= 0.6 is 15.9 Å². The van der Waals surface area contributed by atoms with Crippen LogP contribution in [-0.4, -0.2) is 18.5 Å². The predicted octanol–water partition coefficient (Wildman–Crippen LogP) is 2.69. The molecule has 0 spiro atoms. The Kier molecular flexibility index (Phi) is 4.87. The van der Waals surface area contributed by atoms with Crippen LogP contribution in [-0.2, 0) is 0 Å². The molecule has 0 fully saturated rings. The molecule has 1 atom stereocenters. The molecule has 100 valence electrons. The molecule has 0 aromatic heterocycles. The van der Waals surface area contributed by atoms with Crippen molar-refractivity contribution in [3.63, 3.8) is 0 Å². The molecular weight excluding hydrogens is 299 g/mol. The van der Waals surface area contributed by atoms with Gasteiger partial charge in [0.2, 0.25) is 0 Å². The van der Waals surface area contributed by atoms with E-state index in [-0.39, 0.29) is 17.4 Å². The monoisotopic (exact) mass is 316 g/mol. The molecule has 0 radical (unpaired) electrons. The van der Waals surface area contributed by atoms with Crippen molar-refractivity contribution in [2.45, 2.75) is 26.8 Å². The van der Waals surface area contributed by atoms with Crippen molar-refractivity contribution in [3.05, 3.63) is 34.1 Å². The molecule has 0 aliphatic rings. The third-order valence-electron chi connectivity index (χ3n) is 2.77. The molecule has 1 aromatic rings. The van der Waals surface area contributed by atoms with E-state index in [1.165, 1.54) is 12.1 Å². The third-order valence-corrected chi connectivity index (χ3v) is 3.41. The summed E-state index contributed by atoms with van der Waals surface area (Å²) in [5.74, 6) is -0.769. The Morgan fingerprint density at radius 2 is 2.11 bits per heavy atom. The second-order valence-corrected chi connectivity index (χ2v) is 6.11. The van der Waals surface area contributed by atoms with Gasteiger partial charge in [0.1, 0.15) is 5.82 Å². The molecule has 0 aliphatic heterocycles. The van der Waals surface area contributed by atoms with E-state index in [1.807, 2.05) is 20.8 Å². The van der Waals surface area contributed by atoms with E-state index in [2.05, 4.69) is 21.2 Å². The molecule has 1 rings (SSSR count). The summed E-state index contributed by atoms with van der Waals surface area (Å²) in [6, 6.07) is 4.13. The van der Waals surface area contributed by atoms with Crippen molar-refractivity contribution in [1.82, 2.24) is 5.32 Å². The van der Waals surface area contributed by atoms with Crippen LogP contribution in [0.2, 0.25) is 0 Å². The van der Waals surface area contributed by atoms with E-state index < -0.39 is 5.82 Å². The molecule has 18 heavy (non-hydrogen) atoms. The van der Waals surface area contributed by atoms with Gasteiger partial charge in [-0.1, -0.05) is 20.8 Å². The molecule has 0 heterocycles. The first kappa shape index (κ1) is 15.1. The first-order valence-electron chi connectivity index (χ1n) is 5.71. The summed E-state index contributed by atoms with van der Waals surface area (Å²) in [6.45, 7) is 6.32. The van der Waals surface area contributed by atoms with Gasteiger partial charge < -0.3 is 11.1 Å². The normalized spacial score (nSPS) is 13.2. The predicted molar refractivity (Wildman–Crippen MR) is 73.9 cm³/mol. The molecule has 0 saturated heterocycles. The standard InChI is InChI=1S/C13H18BrFN2O/c1-13(2,3)11(7-16)17-12(18)8-4-5-9(14)10(15)6-8/h4-6,11H,7,16H2,1-3H3,(H,17,18). The van der Waals surface area contributed by atoms with Crippen molar-refractivity contribution in [3.8, 4) is 0 Å². The largest absolute Gasteiger partial charge is 0.348 e. The highest BCUT2D eigenvalue weighted by molar-refractivity contribution is 9.10. The fourth-order valence-electron chi connectivity index (χ4n) is 1.51. The van der Waals surface area contributed by atoms with E-state index in [1.54, 1.807) is 6.07 Å². The molecule has 1 amide bonds. The quantitative estimate of drug-likeness (QED) is 0.900. The molecule has 0 bridgehead atoms. The summed E-state index contributed by atoms with van der Waals surface area (Å²) in [7, 11) is 0. The number of carbonyl (C=O) groups is 1. The van der Waals surface area contributed by atoms with Gasteiger partial charge in [0, 0.05) is 18.2 Å². The maximum absolute atomic E-state index is 13.3. The number of carbonyl (C=O) groups excluding carboxylic acids is 1. The van der Waals surface area contributed by atoms with Crippen LogP contribution in [0.1, 0.15) is 31.1 Å². The van der Waals surface area contributed by atoms with E-state index in [0.717, 1.165) is 0 Å². The Labute approximate surface area is 115 Å². The lowest BCUT2D eigenvalue weighted by atomic mass is 9.86. The highest BCUT2D eigenvalue weighted by atomic mass is 79.9. The average molecular weight is 317 g/mol. The summed E-state index contributed by atoms with van der Waals surface area (Å²) in [5, 5.41) is 2.82. The third kappa shape index (κ3) is 3.78. The highest BCUT2D eigenvalue weighted by Gasteiger charge is 2.25. The molecule has 3 nitrogen and oxygen atoms in total. The first-order chi connectivity index (χ1) is 8.25. The lowest BCUT2D eigenvalue weighted by Gasteiger charge is -2.30. The summed E-state index contributed by atoms with van der Waals surface area (Å²) in [4.78, 5) is 12.0. The number of nitrogens with one attached hydrogen (secondary N) is 1. The molecule has 1 aromatic carbocycles. The summed E-state index contributed by atoms with van der Waals surface area (Å²) < 4.78 is 13.7. The van der Waals surface area contributed by atoms with E-state index in [9.17, 15) is 9.18 Å². The Balaban J connectivity index is 2.85. The van der Waals surface area contributed by atoms with Gasteiger partial charge in [-0.25, -0.2) is 4.39 Å². The van der Waals surface area contributed by atoms with E-state index in [4.69, 9.17) is 5.73 Å². The Hall–Kier alpha value is -0.940. The van der Waals surface area contributed by atoms with E-state index in [0.29, 0.717) is 16.6 Å². The Morgan fingerprint density at radius 1 is 1.50 bits per heavy atom. The molecule has 0 saturated carbocycles. The van der Waals surface area contributed by atoms with Crippen molar-refractivity contribution >= 4 is 21.8 Å². The van der Waals surface area contributed by atoms with Gasteiger partial charge in [-0.15, -0.1) is 0 Å². The number of hydrogen-bond donors (Lipinski definition) is 2. The van der Waals surface area contributed by atoms with Crippen LogP contribution in [0.3, 0.4) is 0 Å². The van der Waals surface area contributed by atoms with Gasteiger partial charge >= 0.3 is 0 Å². The zero-order valence-corrected chi connectivity index (χ0v) is 12.3. The van der Waals surface area contributed by atoms with Gasteiger partial charge in [-0.3, -0.25) is 4.79 Å². The van der Waals surface area contributed by atoms with Crippen molar-refractivity contribution in [2.24, 2.45) is 11.1 Å². The SMILES string of the molecule is CC(C)(C)C(CN)NC(=O)c1ccc(Br)c(F)c1. The van der Waals surface area contributed by atoms with Crippen LogP contribution in [0.5, 0.6) is 0 Å². The van der Waals surface area contributed by atoms with Gasteiger partial charge in [0.15, 0.2) is 0 Å². The zero-order valence-electron chi connectivity index (χ0n) is 10.8. The van der Waals surface area contributed by atoms with Gasteiger partial charge in [-0.2, -0.15) is 0 Å². The summed E-state index contributed by atoms with van der Waals surface area (Å²) in [6.07, 6.45) is 0. The summed E-state index contributed by atoms with van der Waals surface area (Å²) in [5.41, 5.74) is 5.79. The van der Waals surface area contributed by atoms with Crippen LogP contribution < -0.4 is 11.1 Å². The fourth-order valence-corrected chi connectivity index (χ4v) is 1.75. The number of rotatable bonds is 3. The van der Waals surface area contributed by atoms with Crippen LogP contribution in [0.4, 0.5) is 4.39 Å². The van der Waals surface area contributed by atoms with Gasteiger partial charge in [0.05, 0.1) is 4.47 Å². The average Bonchev–Trinajstić information content (AvgIpc) is 2.27. The molecule has 3 N–H and O–H groups in total. The van der Waals surface area contributed by atoms with Gasteiger partial charge in [-0.05, 0) is 39.5 Å². The van der Waals surface area contributed by atoms with Crippen LogP contribution in [0, 0.1) is 11.2 Å². The lowest BCUT2D eigenvalue weighted by molar-refractivity contribution is 0.0905. The van der Waals surface area contributed by atoms with Crippen molar-refractivity contribution < 1.29 is 9.18 Å². The minimum Gasteiger partial charge on any atom is -0.348 e. The Morgan fingerprint density at radius 3 is 2.56 bits per heavy atom. The minimum absolute atomic E-state index is 0.141. The zero-order chi connectivity index (χ0) is 13.9. The maximum atomic E-state index is 13.3.